The summed E-state index contributed by atoms with van der Waals surface area (Å²) in [6.45, 7) is 11.6. The Balaban J connectivity index is 1.58. The van der Waals surface area contributed by atoms with Crippen molar-refractivity contribution in [1.29, 1.82) is 0 Å². The van der Waals surface area contributed by atoms with Crippen molar-refractivity contribution in [3.63, 3.8) is 0 Å². The number of rotatable bonds is 6. The zero-order valence-electron chi connectivity index (χ0n) is 13.4. The third kappa shape index (κ3) is 4.82. The molecular weight excluding hydrogens is 246 g/mol. The highest BCUT2D eigenvalue weighted by atomic mass is 16.5. The summed E-state index contributed by atoms with van der Waals surface area (Å²) >= 11 is 0. The van der Waals surface area contributed by atoms with E-state index in [0.29, 0.717) is 0 Å². The molecular formula is C18H30NO+. The first-order chi connectivity index (χ1) is 9.65. The Labute approximate surface area is 124 Å². The normalized spacial score (nSPS) is 22.8. The van der Waals surface area contributed by atoms with Gasteiger partial charge in [0.05, 0.1) is 26.2 Å². The minimum absolute atomic E-state index is 0.853. The molecule has 1 saturated heterocycles. The lowest BCUT2D eigenvalue weighted by Crippen LogP contribution is -3.13. The Bertz CT molecular complexity index is 408. The molecule has 1 aliphatic heterocycles. The Hall–Kier alpha value is -1.02. The Kier molecular flexibility index (Phi) is 5.90. The molecule has 1 aromatic rings. The van der Waals surface area contributed by atoms with Gasteiger partial charge in [0.1, 0.15) is 5.75 Å². The molecule has 0 radical (unpaired) electrons. The average Bonchev–Trinajstić information content (AvgIpc) is 2.44. The molecule has 0 bridgehead atoms. The fraction of sp³-hybridized carbons (Fsp3) is 0.667. The summed E-state index contributed by atoms with van der Waals surface area (Å²) in [7, 11) is 0. The molecule has 0 atom stereocenters. The van der Waals surface area contributed by atoms with Gasteiger partial charge in [0.2, 0.25) is 0 Å². The summed E-state index contributed by atoms with van der Waals surface area (Å²) in [6.07, 6.45) is 5.28. The largest absolute Gasteiger partial charge is 0.494 e. The Morgan fingerprint density at radius 3 is 2.55 bits per heavy atom. The highest BCUT2D eigenvalue weighted by Crippen LogP contribution is 2.16. The molecule has 2 rings (SSSR count). The molecule has 1 N–H and O–H groups in total. The van der Waals surface area contributed by atoms with Crippen LogP contribution in [0.3, 0.4) is 0 Å². The summed E-state index contributed by atoms with van der Waals surface area (Å²) in [6, 6.07) is 6.37. The predicted octanol–water partition coefficient (Wildman–Crippen LogP) is 2.78. The van der Waals surface area contributed by atoms with Gasteiger partial charge >= 0.3 is 0 Å². The number of hydrogen-bond acceptors (Lipinski definition) is 1. The van der Waals surface area contributed by atoms with Crippen LogP contribution in [0.5, 0.6) is 5.75 Å². The Morgan fingerprint density at radius 2 is 1.85 bits per heavy atom. The molecule has 2 nitrogen and oxygen atoms in total. The van der Waals surface area contributed by atoms with Crippen LogP contribution in [0.4, 0.5) is 0 Å². The molecule has 1 fully saturated rings. The molecule has 0 unspecified atom stereocenters. The van der Waals surface area contributed by atoms with Crippen LogP contribution in [0.1, 0.15) is 43.7 Å². The van der Waals surface area contributed by atoms with Crippen molar-refractivity contribution >= 4 is 0 Å². The van der Waals surface area contributed by atoms with Crippen molar-refractivity contribution in [3.05, 3.63) is 29.3 Å². The van der Waals surface area contributed by atoms with Crippen molar-refractivity contribution in [1.82, 2.24) is 0 Å². The third-order valence-electron chi connectivity index (χ3n) is 4.65. The van der Waals surface area contributed by atoms with Gasteiger partial charge < -0.3 is 9.64 Å². The number of benzene rings is 1. The molecule has 1 aliphatic rings. The summed E-state index contributed by atoms with van der Waals surface area (Å²) < 4.78 is 5.84. The summed E-state index contributed by atoms with van der Waals surface area (Å²) in [5.74, 6) is 1.97. The molecule has 0 aliphatic carbocycles. The van der Waals surface area contributed by atoms with E-state index in [1.165, 1.54) is 56.4 Å². The summed E-state index contributed by atoms with van der Waals surface area (Å²) in [5.41, 5.74) is 2.65. The number of aryl methyl sites for hydroxylation is 2. The van der Waals surface area contributed by atoms with E-state index in [-0.39, 0.29) is 0 Å². The van der Waals surface area contributed by atoms with Gasteiger partial charge in [-0.25, -0.2) is 0 Å². The van der Waals surface area contributed by atoms with E-state index in [2.05, 4.69) is 39.0 Å². The topological polar surface area (TPSA) is 13.7 Å². The van der Waals surface area contributed by atoms with Crippen molar-refractivity contribution in [2.45, 2.75) is 46.5 Å². The Morgan fingerprint density at radius 1 is 1.10 bits per heavy atom. The monoisotopic (exact) mass is 276 g/mol. The van der Waals surface area contributed by atoms with Gasteiger partial charge in [0, 0.05) is 0 Å². The van der Waals surface area contributed by atoms with Gasteiger partial charge in [0.15, 0.2) is 0 Å². The average molecular weight is 276 g/mol. The number of unbranched alkanes of at least 4 members (excludes halogenated alkanes) is 1. The van der Waals surface area contributed by atoms with Crippen molar-refractivity contribution in [3.8, 4) is 5.75 Å². The number of likely N-dealkylation sites (tertiary alicyclic amines) is 1. The maximum Gasteiger partial charge on any atom is 0.119 e. The molecule has 0 spiro atoms. The molecule has 1 aromatic carbocycles. The second-order valence-corrected chi connectivity index (χ2v) is 6.48. The first-order valence-corrected chi connectivity index (χ1v) is 8.19. The molecule has 2 heteroatoms. The molecule has 112 valence electrons. The lowest BCUT2D eigenvalue weighted by molar-refractivity contribution is -0.906. The van der Waals surface area contributed by atoms with E-state index >= 15 is 0 Å². The van der Waals surface area contributed by atoms with E-state index in [4.69, 9.17) is 4.74 Å². The van der Waals surface area contributed by atoms with Crippen LogP contribution in [0, 0.1) is 19.8 Å². The van der Waals surface area contributed by atoms with E-state index < -0.39 is 0 Å². The predicted molar refractivity (Wildman–Crippen MR) is 84.6 cm³/mol. The van der Waals surface area contributed by atoms with Gasteiger partial charge in [-0.05, 0) is 68.7 Å². The van der Waals surface area contributed by atoms with E-state index in [1.54, 1.807) is 4.90 Å². The lowest BCUT2D eigenvalue weighted by atomic mass is 9.99. The second-order valence-electron chi connectivity index (χ2n) is 6.48. The number of piperidine rings is 1. The number of quaternary nitrogens is 1. The highest BCUT2D eigenvalue weighted by molar-refractivity contribution is 5.33. The van der Waals surface area contributed by atoms with Gasteiger partial charge in [-0.15, -0.1) is 0 Å². The summed E-state index contributed by atoms with van der Waals surface area (Å²) in [4.78, 5) is 1.80. The number of ether oxygens (including phenoxy) is 1. The van der Waals surface area contributed by atoms with Crippen molar-refractivity contribution in [2.24, 2.45) is 5.92 Å². The first kappa shape index (κ1) is 15.4. The second kappa shape index (κ2) is 7.68. The minimum atomic E-state index is 0.853. The summed E-state index contributed by atoms with van der Waals surface area (Å²) in [5, 5.41) is 0. The van der Waals surface area contributed by atoms with Crippen molar-refractivity contribution < 1.29 is 9.64 Å². The van der Waals surface area contributed by atoms with Gasteiger partial charge in [0.25, 0.3) is 0 Å². The van der Waals surface area contributed by atoms with Crippen LogP contribution in [0.2, 0.25) is 0 Å². The van der Waals surface area contributed by atoms with Crippen LogP contribution in [0.25, 0.3) is 0 Å². The van der Waals surface area contributed by atoms with Crippen molar-refractivity contribution in [2.75, 3.05) is 26.2 Å². The maximum absolute atomic E-state index is 5.84. The molecule has 0 amide bonds. The van der Waals surface area contributed by atoms with Crippen LogP contribution in [0.15, 0.2) is 18.2 Å². The smallest absolute Gasteiger partial charge is 0.119 e. The van der Waals surface area contributed by atoms with Gasteiger partial charge in [-0.2, -0.15) is 0 Å². The quantitative estimate of drug-likeness (QED) is 0.789. The van der Waals surface area contributed by atoms with E-state index in [0.717, 1.165) is 18.3 Å². The number of nitrogens with one attached hydrogen (secondary N) is 1. The SMILES string of the molecule is Cc1ccc(OCCCC[NH+]2CCC(C)CC2)cc1C. The number of hydrogen-bond donors (Lipinski definition) is 1. The zero-order chi connectivity index (χ0) is 14.4. The fourth-order valence-corrected chi connectivity index (χ4v) is 2.89. The lowest BCUT2D eigenvalue weighted by Gasteiger charge is -2.27. The standard InChI is InChI=1S/C18H29NO/c1-15-8-11-19(12-9-15)10-4-5-13-20-18-7-6-16(2)17(3)14-18/h6-7,14-15H,4-5,8-13H2,1-3H3/p+1. The van der Waals surface area contributed by atoms with Crippen LogP contribution in [-0.2, 0) is 0 Å². The van der Waals surface area contributed by atoms with Gasteiger partial charge in [-0.3, -0.25) is 0 Å². The first-order valence-electron chi connectivity index (χ1n) is 8.19. The third-order valence-corrected chi connectivity index (χ3v) is 4.65. The van der Waals surface area contributed by atoms with E-state index in [1.807, 2.05) is 0 Å². The highest BCUT2D eigenvalue weighted by Gasteiger charge is 2.17. The molecule has 0 saturated carbocycles. The van der Waals surface area contributed by atoms with Crippen LogP contribution < -0.4 is 9.64 Å². The van der Waals surface area contributed by atoms with Gasteiger partial charge in [-0.1, -0.05) is 13.0 Å². The molecule has 0 aromatic heterocycles. The van der Waals surface area contributed by atoms with Crippen LogP contribution in [-0.4, -0.2) is 26.2 Å². The minimum Gasteiger partial charge on any atom is -0.494 e. The van der Waals surface area contributed by atoms with E-state index in [9.17, 15) is 0 Å². The molecule has 1 heterocycles. The van der Waals surface area contributed by atoms with Crippen LogP contribution >= 0.6 is 0 Å². The molecule has 20 heavy (non-hydrogen) atoms. The fourth-order valence-electron chi connectivity index (χ4n) is 2.89. The maximum atomic E-state index is 5.84. The zero-order valence-corrected chi connectivity index (χ0v) is 13.4.